The molecule has 1 atom stereocenters. The molecule has 0 aliphatic rings. The van der Waals surface area contributed by atoms with Crippen molar-refractivity contribution in [3.05, 3.63) is 60.7 Å². The number of esters is 1. The zero-order valence-electron chi connectivity index (χ0n) is 18.5. The van der Waals surface area contributed by atoms with Crippen LogP contribution in [-0.2, 0) is 18.8 Å². The average molecular weight is 445 g/mol. The Morgan fingerprint density at radius 1 is 0.967 bits per heavy atom. The summed E-state index contributed by atoms with van der Waals surface area (Å²) in [6.45, 7) is 8.62. The molecule has 162 valence electrons. The molecule has 0 saturated carbocycles. The number of hydrogen-bond donors (Lipinski definition) is 0. The van der Waals surface area contributed by atoms with Crippen LogP contribution in [0.5, 0.6) is 0 Å². The molecule has 0 bridgehead atoms. The Morgan fingerprint density at radius 3 is 1.87 bits per heavy atom. The normalized spacial score (nSPS) is 13.0. The summed E-state index contributed by atoms with van der Waals surface area (Å²) >= 11 is 1.24. The van der Waals surface area contributed by atoms with Crippen LogP contribution in [0.15, 0.2) is 60.7 Å². The van der Waals surface area contributed by atoms with Crippen molar-refractivity contribution in [2.75, 3.05) is 13.7 Å². The third-order valence-corrected chi connectivity index (χ3v) is 11.2. The van der Waals surface area contributed by atoms with E-state index in [9.17, 15) is 9.59 Å². The SMILES string of the molecule is COC(=O)CC[C@@H](CO[Si](c1ccccc1)(c1ccccc1)C(C)(C)C)SC(C)=O. The molecule has 0 amide bonds. The van der Waals surface area contributed by atoms with Crippen LogP contribution >= 0.6 is 11.8 Å². The number of carbonyl (C=O) groups is 2. The average Bonchev–Trinajstić information content (AvgIpc) is 2.72. The first-order valence-corrected chi connectivity index (χ1v) is 13.0. The summed E-state index contributed by atoms with van der Waals surface area (Å²) in [6.07, 6.45) is 0.806. The van der Waals surface area contributed by atoms with Crippen molar-refractivity contribution in [2.45, 2.75) is 50.8 Å². The van der Waals surface area contributed by atoms with Crippen molar-refractivity contribution in [1.82, 2.24) is 0 Å². The minimum Gasteiger partial charge on any atom is -0.469 e. The maximum absolute atomic E-state index is 11.8. The Hall–Kier alpha value is -1.89. The van der Waals surface area contributed by atoms with E-state index in [0.717, 1.165) is 0 Å². The highest BCUT2D eigenvalue weighted by atomic mass is 32.2. The van der Waals surface area contributed by atoms with Gasteiger partial charge in [0.05, 0.1) is 7.11 Å². The number of carbonyl (C=O) groups excluding carboxylic acids is 2. The van der Waals surface area contributed by atoms with Gasteiger partial charge in [-0.25, -0.2) is 0 Å². The van der Waals surface area contributed by atoms with E-state index in [0.29, 0.717) is 13.0 Å². The van der Waals surface area contributed by atoms with Gasteiger partial charge in [-0.2, -0.15) is 0 Å². The van der Waals surface area contributed by atoms with Crippen molar-refractivity contribution in [2.24, 2.45) is 0 Å². The van der Waals surface area contributed by atoms with Crippen LogP contribution in [0.25, 0.3) is 0 Å². The lowest BCUT2D eigenvalue weighted by Crippen LogP contribution is -2.67. The molecule has 0 N–H and O–H groups in total. The zero-order valence-corrected chi connectivity index (χ0v) is 20.3. The van der Waals surface area contributed by atoms with E-state index in [-0.39, 0.29) is 27.8 Å². The van der Waals surface area contributed by atoms with Crippen LogP contribution in [0.3, 0.4) is 0 Å². The fraction of sp³-hybridized carbons (Fsp3) is 0.417. The molecule has 4 nitrogen and oxygen atoms in total. The lowest BCUT2D eigenvalue weighted by molar-refractivity contribution is -0.140. The Bertz CT molecular complexity index is 779. The quantitative estimate of drug-likeness (QED) is 0.429. The molecule has 2 aromatic carbocycles. The molecule has 0 radical (unpaired) electrons. The fourth-order valence-electron chi connectivity index (χ4n) is 3.77. The number of methoxy groups -OCH3 is 1. The minimum absolute atomic E-state index is 0.0240. The molecule has 0 heterocycles. The third-order valence-electron chi connectivity index (χ3n) is 5.13. The second-order valence-electron chi connectivity index (χ2n) is 8.32. The van der Waals surface area contributed by atoms with Crippen LogP contribution in [0, 0.1) is 0 Å². The van der Waals surface area contributed by atoms with E-state index in [4.69, 9.17) is 9.16 Å². The van der Waals surface area contributed by atoms with E-state index in [1.807, 2.05) is 36.4 Å². The molecule has 0 aliphatic carbocycles. The van der Waals surface area contributed by atoms with Crippen molar-refractivity contribution in [3.8, 4) is 0 Å². The molecule has 30 heavy (non-hydrogen) atoms. The molecule has 0 saturated heterocycles. The van der Waals surface area contributed by atoms with Gasteiger partial charge in [0.2, 0.25) is 0 Å². The van der Waals surface area contributed by atoms with Gasteiger partial charge in [-0.15, -0.1) is 0 Å². The highest BCUT2D eigenvalue weighted by Crippen LogP contribution is 2.37. The second kappa shape index (κ2) is 10.9. The minimum atomic E-state index is -2.67. The maximum Gasteiger partial charge on any atom is 0.305 e. The van der Waals surface area contributed by atoms with Crippen molar-refractivity contribution in [3.63, 3.8) is 0 Å². The Labute approximate surface area is 185 Å². The molecule has 0 aromatic heterocycles. The van der Waals surface area contributed by atoms with Crippen LogP contribution in [0.2, 0.25) is 5.04 Å². The first-order chi connectivity index (χ1) is 14.2. The smallest absolute Gasteiger partial charge is 0.305 e. The number of benzene rings is 2. The summed E-state index contributed by atoms with van der Waals surface area (Å²) in [6, 6.07) is 20.8. The summed E-state index contributed by atoms with van der Waals surface area (Å²) in [5, 5.41) is 2.18. The standard InChI is InChI=1S/C24H32O4SSi/c1-19(25)29-20(16-17-23(26)27-5)18-28-30(24(2,3)4,21-12-8-6-9-13-21)22-14-10-7-11-15-22/h6-15,20H,16-18H2,1-5H3/t20-/m0/s1. The lowest BCUT2D eigenvalue weighted by Gasteiger charge is -2.43. The van der Waals surface area contributed by atoms with Crippen LogP contribution in [0.4, 0.5) is 0 Å². The van der Waals surface area contributed by atoms with Gasteiger partial charge in [0.15, 0.2) is 5.12 Å². The highest BCUT2D eigenvalue weighted by molar-refractivity contribution is 8.14. The van der Waals surface area contributed by atoms with Gasteiger partial charge in [-0.1, -0.05) is 93.2 Å². The molecule has 2 rings (SSSR count). The van der Waals surface area contributed by atoms with Crippen LogP contribution in [-0.4, -0.2) is 38.4 Å². The van der Waals surface area contributed by atoms with E-state index in [2.05, 4.69) is 45.0 Å². The highest BCUT2D eigenvalue weighted by Gasteiger charge is 2.50. The van der Waals surface area contributed by atoms with Crippen molar-refractivity contribution < 1.29 is 18.8 Å². The van der Waals surface area contributed by atoms with Gasteiger partial charge < -0.3 is 9.16 Å². The van der Waals surface area contributed by atoms with E-state index >= 15 is 0 Å². The molecular weight excluding hydrogens is 412 g/mol. The van der Waals surface area contributed by atoms with Gasteiger partial charge in [0.25, 0.3) is 8.32 Å². The summed E-state index contributed by atoms with van der Waals surface area (Å²) in [5.74, 6) is -0.269. The number of rotatable bonds is 9. The third kappa shape index (κ3) is 6.06. The van der Waals surface area contributed by atoms with Gasteiger partial charge in [-0.3, -0.25) is 9.59 Å². The maximum atomic E-state index is 11.8. The monoisotopic (exact) mass is 444 g/mol. The molecule has 0 fully saturated rings. The zero-order chi connectivity index (χ0) is 22.2. The summed E-state index contributed by atoms with van der Waals surface area (Å²) < 4.78 is 11.7. The topological polar surface area (TPSA) is 52.6 Å². The lowest BCUT2D eigenvalue weighted by atomic mass is 10.2. The number of ether oxygens (including phenoxy) is 1. The Kier molecular flexibility index (Phi) is 8.88. The Balaban J connectivity index is 2.43. The summed E-state index contributed by atoms with van der Waals surface area (Å²) in [4.78, 5) is 23.5. The first kappa shape index (κ1) is 24.4. The summed E-state index contributed by atoms with van der Waals surface area (Å²) in [5.41, 5.74) is 0. The Morgan fingerprint density at radius 2 is 1.47 bits per heavy atom. The van der Waals surface area contributed by atoms with E-state index in [1.165, 1.54) is 29.2 Å². The van der Waals surface area contributed by atoms with Crippen LogP contribution in [0.1, 0.15) is 40.5 Å². The van der Waals surface area contributed by atoms with Crippen molar-refractivity contribution in [1.29, 1.82) is 0 Å². The number of thioether (sulfide) groups is 1. The molecule has 2 aromatic rings. The van der Waals surface area contributed by atoms with Crippen molar-refractivity contribution >= 4 is 41.5 Å². The van der Waals surface area contributed by atoms with E-state index < -0.39 is 8.32 Å². The van der Waals surface area contributed by atoms with E-state index in [1.54, 1.807) is 6.92 Å². The molecular formula is C24H32O4SSi. The molecule has 0 aliphatic heterocycles. The predicted molar refractivity (Wildman–Crippen MR) is 127 cm³/mol. The molecule has 0 spiro atoms. The van der Waals surface area contributed by atoms with Gasteiger partial charge in [0, 0.05) is 25.2 Å². The van der Waals surface area contributed by atoms with Gasteiger partial charge in [-0.05, 0) is 21.8 Å². The molecule has 6 heteroatoms. The fourth-order valence-corrected chi connectivity index (χ4v) is 9.34. The second-order valence-corrected chi connectivity index (χ2v) is 14.1. The number of hydrogen-bond acceptors (Lipinski definition) is 5. The van der Waals surface area contributed by atoms with Gasteiger partial charge >= 0.3 is 5.97 Å². The largest absolute Gasteiger partial charge is 0.469 e. The van der Waals surface area contributed by atoms with Gasteiger partial charge in [0.1, 0.15) is 0 Å². The predicted octanol–water partition coefficient (Wildman–Crippen LogP) is 4.16. The summed E-state index contributed by atoms with van der Waals surface area (Å²) in [7, 11) is -1.29. The first-order valence-electron chi connectivity index (χ1n) is 10.2. The van der Waals surface area contributed by atoms with Crippen LogP contribution < -0.4 is 10.4 Å². The molecule has 0 unspecified atom stereocenters.